The van der Waals surface area contributed by atoms with Crippen LogP contribution in [-0.4, -0.2) is 29.3 Å². The van der Waals surface area contributed by atoms with E-state index in [1.807, 2.05) is 6.07 Å². The van der Waals surface area contributed by atoms with E-state index in [4.69, 9.17) is 16.0 Å². The number of halogens is 1. The van der Waals surface area contributed by atoms with Crippen LogP contribution in [0.25, 0.3) is 0 Å². The van der Waals surface area contributed by atoms with E-state index in [1.54, 1.807) is 47.6 Å². The summed E-state index contributed by atoms with van der Waals surface area (Å²) in [6.45, 7) is 0.645. The predicted octanol–water partition coefficient (Wildman–Crippen LogP) is 2.93. The molecular weight excluding hydrogens is 328 g/mol. The molecule has 2 amide bonds. The second-order valence-electron chi connectivity index (χ2n) is 5.58. The van der Waals surface area contributed by atoms with E-state index in [0.717, 1.165) is 5.57 Å². The van der Waals surface area contributed by atoms with Gasteiger partial charge in [0.05, 0.1) is 12.8 Å². The number of hydrogen-bond acceptors (Lipinski definition) is 3. The maximum Gasteiger partial charge on any atom is 0.254 e. The maximum atomic E-state index is 12.7. The van der Waals surface area contributed by atoms with Gasteiger partial charge in [0.1, 0.15) is 11.8 Å². The summed E-state index contributed by atoms with van der Waals surface area (Å²) < 4.78 is 5.20. The van der Waals surface area contributed by atoms with Gasteiger partial charge in [0.2, 0.25) is 5.91 Å². The van der Waals surface area contributed by atoms with Crippen LogP contribution in [0.5, 0.6) is 0 Å². The fourth-order valence-corrected chi connectivity index (χ4v) is 2.89. The van der Waals surface area contributed by atoms with Gasteiger partial charge in [-0.05, 0) is 29.8 Å². The molecule has 1 N–H and O–H groups in total. The first-order valence-electron chi connectivity index (χ1n) is 7.63. The van der Waals surface area contributed by atoms with Crippen molar-refractivity contribution in [1.29, 1.82) is 0 Å². The summed E-state index contributed by atoms with van der Waals surface area (Å²) in [7, 11) is 0. The number of rotatable bonds is 4. The molecule has 0 unspecified atom stereocenters. The lowest BCUT2D eigenvalue weighted by Crippen LogP contribution is -2.45. The number of carbonyl (C=O) groups excluding carboxylic acids is 2. The zero-order valence-corrected chi connectivity index (χ0v) is 13.7. The summed E-state index contributed by atoms with van der Waals surface area (Å²) in [6.07, 6.45) is 1.99. The minimum atomic E-state index is -0.572. The molecule has 1 atom stereocenters. The van der Waals surface area contributed by atoms with E-state index in [9.17, 15) is 9.59 Å². The molecule has 1 saturated heterocycles. The second kappa shape index (κ2) is 7.36. The first-order chi connectivity index (χ1) is 11.7. The summed E-state index contributed by atoms with van der Waals surface area (Å²) in [4.78, 5) is 26.8. The Bertz CT molecular complexity index is 741. The van der Waals surface area contributed by atoms with Crippen LogP contribution in [0.15, 0.2) is 64.3 Å². The van der Waals surface area contributed by atoms with E-state index in [1.165, 1.54) is 5.54 Å². The van der Waals surface area contributed by atoms with Crippen molar-refractivity contribution in [2.45, 2.75) is 19.0 Å². The van der Waals surface area contributed by atoms with Crippen molar-refractivity contribution in [2.24, 2.45) is 0 Å². The van der Waals surface area contributed by atoms with Gasteiger partial charge in [-0.1, -0.05) is 29.8 Å². The third kappa shape index (κ3) is 3.51. The van der Waals surface area contributed by atoms with E-state index in [0.29, 0.717) is 24.3 Å². The van der Waals surface area contributed by atoms with Gasteiger partial charge >= 0.3 is 0 Å². The van der Waals surface area contributed by atoms with Gasteiger partial charge in [0, 0.05) is 24.1 Å². The molecule has 6 heteroatoms. The minimum Gasteiger partial charge on any atom is -0.467 e. The van der Waals surface area contributed by atoms with E-state index in [-0.39, 0.29) is 18.4 Å². The number of furan rings is 1. The number of carbonyl (C=O) groups is 2. The zero-order chi connectivity index (χ0) is 16.9. The van der Waals surface area contributed by atoms with E-state index >= 15 is 0 Å². The molecule has 24 heavy (non-hydrogen) atoms. The van der Waals surface area contributed by atoms with Gasteiger partial charge in [0.25, 0.3) is 5.91 Å². The van der Waals surface area contributed by atoms with Gasteiger partial charge < -0.3 is 14.6 Å². The first-order valence-corrected chi connectivity index (χ1v) is 8.07. The molecule has 0 radical (unpaired) electrons. The van der Waals surface area contributed by atoms with Crippen LogP contribution in [0, 0.1) is 0 Å². The van der Waals surface area contributed by atoms with Crippen molar-refractivity contribution in [1.82, 2.24) is 10.2 Å². The molecule has 3 rings (SSSR count). The van der Waals surface area contributed by atoms with Crippen LogP contribution in [-0.2, 0) is 11.3 Å². The highest BCUT2D eigenvalue weighted by molar-refractivity contribution is 6.25. The van der Waals surface area contributed by atoms with Gasteiger partial charge in [0.15, 0.2) is 0 Å². The van der Waals surface area contributed by atoms with Crippen molar-refractivity contribution >= 4 is 23.4 Å². The van der Waals surface area contributed by atoms with E-state index in [2.05, 4.69) is 5.32 Å². The Hall–Kier alpha value is -2.53. The Morgan fingerprint density at radius 3 is 2.71 bits per heavy atom. The Morgan fingerprint density at radius 1 is 1.25 bits per heavy atom. The topological polar surface area (TPSA) is 62.6 Å². The lowest BCUT2D eigenvalue weighted by atomic mass is 10.1. The fourth-order valence-electron chi connectivity index (χ4n) is 2.73. The molecule has 1 fully saturated rings. The number of likely N-dealkylation sites (tertiary alicyclic amines) is 1. The highest BCUT2D eigenvalue weighted by atomic mass is 35.5. The lowest BCUT2D eigenvalue weighted by Gasteiger charge is -2.23. The summed E-state index contributed by atoms with van der Waals surface area (Å²) >= 11 is 5.81. The largest absolute Gasteiger partial charge is 0.467 e. The molecule has 1 aromatic carbocycles. The Balaban J connectivity index is 1.73. The molecule has 1 aliphatic heterocycles. The molecule has 2 heterocycles. The van der Waals surface area contributed by atoms with E-state index < -0.39 is 6.04 Å². The maximum absolute atomic E-state index is 12.7. The van der Waals surface area contributed by atoms with Gasteiger partial charge in [-0.25, -0.2) is 0 Å². The smallest absolute Gasteiger partial charge is 0.254 e. The van der Waals surface area contributed by atoms with Crippen LogP contribution < -0.4 is 5.32 Å². The standard InChI is InChI=1S/C18H17ClN2O3/c19-10-13-9-16(17(22)20-11-15-7-4-8-24-15)21(12-13)18(23)14-5-2-1-3-6-14/h1-8,10,16H,9,11-12H2,(H,20,22)/b13-10+/t16-/m0/s1. The summed E-state index contributed by atoms with van der Waals surface area (Å²) in [5.41, 5.74) is 2.86. The fraction of sp³-hybridized carbons (Fsp3) is 0.222. The third-order valence-corrected chi connectivity index (χ3v) is 4.27. The monoisotopic (exact) mass is 344 g/mol. The van der Waals surface area contributed by atoms with Crippen LogP contribution in [0.1, 0.15) is 22.5 Å². The Morgan fingerprint density at radius 2 is 2.04 bits per heavy atom. The third-order valence-electron chi connectivity index (χ3n) is 3.96. The number of amides is 2. The summed E-state index contributed by atoms with van der Waals surface area (Å²) in [6, 6.07) is 11.9. The summed E-state index contributed by atoms with van der Waals surface area (Å²) in [5.74, 6) is 0.266. The Labute approximate surface area is 144 Å². The molecule has 1 aromatic heterocycles. The SMILES string of the molecule is O=C(NCc1ccco1)[C@@H]1C/C(=C\Cl)CN1C(=O)c1ccccc1. The van der Waals surface area contributed by atoms with Gasteiger partial charge in [-0.2, -0.15) is 0 Å². The molecule has 0 saturated carbocycles. The van der Waals surface area contributed by atoms with Crippen LogP contribution in [0.2, 0.25) is 0 Å². The van der Waals surface area contributed by atoms with Crippen LogP contribution >= 0.6 is 11.6 Å². The average Bonchev–Trinajstić information content (AvgIpc) is 3.29. The predicted molar refractivity (Wildman–Crippen MR) is 90.4 cm³/mol. The number of hydrogen-bond donors (Lipinski definition) is 1. The highest BCUT2D eigenvalue weighted by Crippen LogP contribution is 2.25. The lowest BCUT2D eigenvalue weighted by molar-refractivity contribution is -0.125. The molecule has 124 valence electrons. The molecule has 0 bridgehead atoms. The molecule has 2 aromatic rings. The molecule has 0 spiro atoms. The van der Waals surface area contributed by atoms with Crippen molar-refractivity contribution < 1.29 is 14.0 Å². The van der Waals surface area contributed by atoms with Crippen LogP contribution in [0.3, 0.4) is 0 Å². The number of nitrogens with zero attached hydrogens (tertiary/aromatic N) is 1. The molecule has 0 aliphatic carbocycles. The molecule has 1 aliphatic rings. The molecule has 5 nitrogen and oxygen atoms in total. The number of benzene rings is 1. The molecular formula is C18H17ClN2O3. The zero-order valence-electron chi connectivity index (χ0n) is 12.9. The first kappa shape index (κ1) is 16.3. The second-order valence-corrected chi connectivity index (χ2v) is 5.80. The number of nitrogens with one attached hydrogen (secondary N) is 1. The van der Waals surface area contributed by atoms with Crippen molar-refractivity contribution in [3.05, 3.63) is 71.2 Å². The van der Waals surface area contributed by atoms with Crippen molar-refractivity contribution in [3.63, 3.8) is 0 Å². The summed E-state index contributed by atoms with van der Waals surface area (Å²) in [5, 5.41) is 2.81. The van der Waals surface area contributed by atoms with Gasteiger partial charge in [-0.15, -0.1) is 0 Å². The van der Waals surface area contributed by atoms with Crippen molar-refractivity contribution in [3.8, 4) is 0 Å². The Kier molecular flexibility index (Phi) is 5.01. The quantitative estimate of drug-likeness (QED) is 0.927. The highest BCUT2D eigenvalue weighted by Gasteiger charge is 2.36. The minimum absolute atomic E-state index is 0.178. The van der Waals surface area contributed by atoms with Gasteiger partial charge in [-0.3, -0.25) is 9.59 Å². The van der Waals surface area contributed by atoms with Crippen LogP contribution in [0.4, 0.5) is 0 Å². The average molecular weight is 345 g/mol. The van der Waals surface area contributed by atoms with Crippen molar-refractivity contribution in [2.75, 3.05) is 6.54 Å². The normalized spacial score (nSPS) is 18.8.